The molecule has 2 N–H and O–H groups in total. The van der Waals surface area contributed by atoms with Crippen molar-refractivity contribution in [2.45, 2.75) is 12.3 Å². The molecule has 7 nitrogen and oxygen atoms in total. The third-order valence-electron chi connectivity index (χ3n) is 5.95. The van der Waals surface area contributed by atoms with Crippen molar-refractivity contribution in [2.75, 3.05) is 11.9 Å². The van der Waals surface area contributed by atoms with Gasteiger partial charge in [0.25, 0.3) is 5.91 Å². The predicted molar refractivity (Wildman–Crippen MR) is 149 cm³/mol. The highest BCUT2D eigenvalue weighted by Crippen LogP contribution is 2.48. The van der Waals surface area contributed by atoms with Crippen molar-refractivity contribution in [1.29, 1.82) is 0 Å². The maximum Gasteiger partial charge on any atom is 0.311 e. The van der Waals surface area contributed by atoms with Gasteiger partial charge in [-0.3, -0.25) is 9.59 Å². The molecule has 0 saturated heterocycles. The van der Waals surface area contributed by atoms with E-state index in [-0.39, 0.29) is 23.3 Å². The minimum atomic E-state index is -0.938. The summed E-state index contributed by atoms with van der Waals surface area (Å²) in [6, 6.07) is 20.7. The molecule has 5 rings (SSSR count). The third-order valence-corrected chi connectivity index (χ3v) is 7.21. The molecule has 2 heterocycles. The van der Waals surface area contributed by atoms with Crippen molar-refractivity contribution in [1.82, 2.24) is 4.98 Å². The van der Waals surface area contributed by atoms with Gasteiger partial charge in [0.2, 0.25) is 0 Å². The van der Waals surface area contributed by atoms with E-state index in [2.05, 4.69) is 26.2 Å². The number of nitrogens with zero attached hydrogens (tertiary/aromatic N) is 1. The van der Waals surface area contributed by atoms with Gasteiger partial charge in [0.05, 0.1) is 23.2 Å². The van der Waals surface area contributed by atoms with Crippen molar-refractivity contribution in [3.63, 3.8) is 0 Å². The molecule has 1 unspecified atom stereocenters. The van der Waals surface area contributed by atoms with Crippen molar-refractivity contribution < 1.29 is 24.2 Å². The second-order valence-corrected chi connectivity index (χ2v) is 10.1. The topological polar surface area (TPSA) is 97.8 Å². The molecule has 0 saturated carbocycles. The molecule has 1 amide bonds. The van der Waals surface area contributed by atoms with Gasteiger partial charge in [-0.1, -0.05) is 41.4 Å². The molecule has 1 aromatic heterocycles. The Kier molecular flexibility index (Phi) is 7.56. The van der Waals surface area contributed by atoms with Gasteiger partial charge in [-0.25, -0.2) is 4.98 Å². The SMILES string of the molecule is O=C(Nc1cccc(-c2ccc(Cl)cc2)n1)c1ccc(Oc2c(Cl)cc3c(c2Br)OCCC3C(=O)O)cc1. The number of carbonyl (C=O) groups is 2. The number of carboxylic acids is 1. The Labute approximate surface area is 236 Å². The van der Waals surface area contributed by atoms with Crippen molar-refractivity contribution in [3.05, 3.63) is 98.4 Å². The summed E-state index contributed by atoms with van der Waals surface area (Å²) in [5, 5.41) is 13.2. The van der Waals surface area contributed by atoms with E-state index < -0.39 is 11.9 Å². The number of pyridine rings is 1. The highest BCUT2D eigenvalue weighted by atomic mass is 79.9. The molecule has 0 bridgehead atoms. The van der Waals surface area contributed by atoms with Gasteiger partial charge >= 0.3 is 5.97 Å². The summed E-state index contributed by atoms with van der Waals surface area (Å²) in [6.07, 6.45) is 0.357. The maximum atomic E-state index is 12.8. The number of carbonyl (C=O) groups excluding carboxylic acids is 1. The zero-order valence-corrected chi connectivity index (χ0v) is 22.7. The molecule has 38 heavy (non-hydrogen) atoms. The zero-order valence-electron chi connectivity index (χ0n) is 19.6. The summed E-state index contributed by atoms with van der Waals surface area (Å²) in [6.45, 7) is 0.269. The number of anilines is 1. The van der Waals surface area contributed by atoms with Gasteiger partial charge in [0.15, 0.2) is 5.75 Å². The zero-order chi connectivity index (χ0) is 26.8. The highest BCUT2D eigenvalue weighted by Gasteiger charge is 2.31. The first kappa shape index (κ1) is 26.0. The van der Waals surface area contributed by atoms with Crippen molar-refractivity contribution in [2.24, 2.45) is 0 Å². The van der Waals surface area contributed by atoms with Crippen molar-refractivity contribution >= 4 is 56.8 Å². The molecule has 10 heteroatoms. The van der Waals surface area contributed by atoms with E-state index in [9.17, 15) is 14.7 Å². The monoisotopic (exact) mass is 612 g/mol. The molecule has 0 aliphatic carbocycles. The smallest absolute Gasteiger partial charge is 0.311 e. The Balaban J connectivity index is 1.31. The summed E-state index contributed by atoms with van der Waals surface area (Å²) in [5.74, 6) is -0.458. The standard InChI is InChI=1S/C28H19BrCl2N2O5/c29-24-25-20(19(28(35)36)12-13-37-25)14-21(31)26(24)38-18-10-6-16(7-11-18)27(34)33-23-3-1-2-22(32-23)15-4-8-17(30)9-5-15/h1-11,14,19H,12-13H2,(H,35,36)(H,32,33,34). The molecule has 4 aromatic rings. The number of nitrogens with one attached hydrogen (secondary N) is 1. The number of benzene rings is 3. The minimum Gasteiger partial charge on any atom is -0.492 e. The van der Waals surface area contributed by atoms with Crippen LogP contribution in [0, 0.1) is 0 Å². The van der Waals surface area contributed by atoms with Crippen LogP contribution in [-0.4, -0.2) is 28.6 Å². The number of halogens is 3. The molecule has 1 aliphatic rings. The van der Waals surface area contributed by atoms with Gasteiger partial charge in [0.1, 0.15) is 21.8 Å². The summed E-state index contributed by atoms with van der Waals surface area (Å²) >= 11 is 15.9. The van der Waals surface area contributed by atoms with Gasteiger partial charge in [-0.15, -0.1) is 0 Å². The number of hydrogen-bond donors (Lipinski definition) is 2. The number of rotatable bonds is 6. The van der Waals surface area contributed by atoms with Crippen LogP contribution in [0.3, 0.4) is 0 Å². The number of aromatic nitrogens is 1. The van der Waals surface area contributed by atoms with Crippen LogP contribution in [0.1, 0.15) is 28.3 Å². The molecule has 1 atom stereocenters. The molecule has 0 radical (unpaired) electrons. The van der Waals surface area contributed by atoms with Crippen LogP contribution in [0.25, 0.3) is 11.3 Å². The third kappa shape index (κ3) is 5.48. The average molecular weight is 614 g/mol. The molecule has 192 valence electrons. The minimum absolute atomic E-state index is 0.237. The summed E-state index contributed by atoms with van der Waals surface area (Å²) in [7, 11) is 0. The Bertz CT molecular complexity index is 1530. The fourth-order valence-electron chi connectivity index (χ4n) is 4.06. The molecular weight excluding hydrogens is 595 g/mol. The van der Waals surface area contributed by atoms with E-state index >= 15 is 0 Å². The van der Waals surface area contributed by atoms with Crippen LogP contribution < -0.4 is 14.8 Å². The normalized spacial score (nSPS) is 14.2. The fraction of sp³-hybridized carbons (Fsp3) is 0.107. The number of hydrogen-bond acceptors (Lipinski definition) is 5. The predicted octanol–water partition coefficient (Wildman–Crippen LogP) is 7.81. The van der Waals surface area contributed by atoms with Gasteiger partial charge in [-0.05, 0) is 76.9 Å². The Morgan fingerprint density at radius 1 is 1.05 bits per heavy atom. The van der Waals surface area contributed by atoms with Crippen LogP contribution in [0.5, 0.6) is 17.2 Å². The lowest BCUT2D eigenvalue weighted by molar-refractivity contribution is -0.139. The number of ether oxygens (including phenoxy) is 2. The van der Waals surface area contributed by atoms with Gasteiger partial charge in [-0.2, -0.15) is 0 Å². The first-order valence-corrected chi connectivity index (χ1v) is 13.0. The van der Waals surface area contributed by atoms with E-state index in [1.54, 1.807) is 48.5 Å². The molecule has 0 spiro atoms. The average Bonchev–Trinajstić information content (AvgIpc) is 2.91. The number of carboxylic acid groups (broad SMARTS) is 1. The largest absolute Gasteiger partial charge is 0.492 e. The quantitative estimate of drug-likeness (QED) is 0.230. The van der Waals surface area contributed by atoms with E-state index in [0.717, 1.165) is 5.56 Å². The second-order valence-electron chi connectivity index (χ2n) is 8.44. The van der Waals surface area contributed by atoms with Crippen LogP contribution in [-0.2, 0) is 4.79 Å². The lowest BCUT2D eigenvalue weighted by atomic mass is 9.93. The van der Waals surface area contributed by atoms with Gasteiger partial charge in [0, 0.05) is 21.7 Å². The summed E-state index contributed by atoms with van der Waals surface area (Å²) in [5.41, 5.74) is 2.48. The van der Waals surface area contributed by atoms with Crippen LogP contribution >= 0.6 is 39.1 Å². The Morgan fingerprint density at radius 2 is 1.79 bits per heavy atom. The van der Waals surface area contributed by atoms with Gasteiger partial charge < -0.3 is 19.9 Å². The van der Waals surface area contributed by atoms with E-state index in [1.165, 1.54) is 0 Å². The lowest BCUT2D eigenvalue weighted by Gasteiger charge is -2.25. The first-order chi connectivity index (χ1) is 18.3. The molecule has 0 fully saturated rings. The number of fused-ring (bicyclic) bond motifs is 1. The van der Waals surface area contributed by atoms with Crippen molar-refractivity contribution in [3.8, 4) is 28.5 Å². The molecule has 1 aliphatic heterocycles. The molecular formula is C28H19BrCl2N2O5. The lowest BCUT2D eigenvalue weighted by Crippen LogP contribution is -2.21. The van der Waals surface area contributed by atoms with E-state index in [0.29, 0.717) is 50.1 Å². The molecule has 3 aromatic carbocycles. The number of amides is 1. The first-order valence-electron chi connectivity index (χ1n) is 11.5. The van der Waals surface area contributed by atoms with E-state index in [4.69, 9.17) is 32.7 Å². The second kappa shape index (κ2) is 11.0. The van der Waals surface area contributed by atoms with Crippen LogP contribution in [0.4, 0.5) is 5.82 Å². The summed E-state index contributed by atoms with van der Waals surface area (Å²) in [4.78, 5) is 29.0. The Hall–Kier alpha value is -3.59. The summed E-state index contributed by atoms with van der Waals surface area (Å²) < 4.78 is 12.1. The highest BCUT2D eigenvalue weighted by molar-refractivity contribution is 9.10. The maximum absolute atomic E-state index is 12.8. The fourth-order valence-corrected chi connectivity index (χ4v) is 5.19. The number of aliphatic carboxylic acids is 1. The Morgan fingerprint density at radius 3 is 2.50 bits per heavy atom. The van der Waals surface area contributed by atoms with Crippen LogP contribution in [0.15, 0.2) is 77.3 Å². The van der Waals surface area contributed by atoms with Crippen LogP contribution in [0.2, 0.25) is 10.0 Å². The van der Waals surface area contributed by atoms with E-state index in [1.807, 2.05) is 24.3 Å².